The Morgan fingerprint density at radius 2 is 2.00 bits per heavy atom. The molecule has 1 aromatic carbocycles. The van der Waals surface area contributed by atoms with Crippen molar-refractivity contribution in [2.24, 2.45) is 13.0 Å². The minimum Gasteiger partial charge on any atom is -0.486 e. The zero-order valence-corrected chi connectivity index (χ0v) is 16.8. The van der Waals surface area contributed by atoms with Crippen LogP contribution < -0.4 is 20.1 Å². The van der Waals surface area contributed by atoms with Crippen LogP contribution in [0.1, 0.15) is 42.7 Å². The van der Waals surface area contributed by atoms with Crippen LogP contribution >= 0.6 is 0 Å². The fourth-order valence-electron chi connectivity index (χ4n) is 5.07. The third-order valence-corrected chi connectivity index (χ3v) is 6.62. The van der Waals surface area contributed by atoms with Crippen LogP contribution in [0.2, 0.25) is 0 Å². The van der Waals surface area contributed by atoms with Gasteiger partial charge in [-0.1, -0.05) is 18.9 Å². The Hall–Kier alpha value is -2.54. The lowest BCUT2D eigenvalue weighted by Crippen LogP contribution is -2.47. The van der Waals surface area contributed by atoms with Crippen LogP contribution in [0.5, 0.6) is 11.5 Å². The molecule has 2 aromatic rings. The fourth-order valence-corrected chi connectivity index (χ4v) is 5.07. The Morgan fingerprint density at radius 1 is 1.21 bits per heavy atom. The van der Waals surface area contributed by atoms with E-state index in [1.54, 1.807) is 4.68 Å². The molecule has 0 spiro atoms. The molecule has 2 aliphatic heterocycles. The van der Waals surface area contributed by atoms with Crippen molar-refractivity contribution < 1.29 is 14.3 Å². The lowest BCUT2D eigenvalue weighted by atomic mass is 9.85. The van der Waals surface area contributed by atoms with Crippen molar-refractivity contribution in [1.82, 2.24) is 20.4 Å². The molecule has 7 heteroatoms. The van der Waals surface area contributed by atoms with E-state index in [2.05, 4.69) is 27.9 Å². The van der Waals surface area contributed by atoms with Crippen molar-refractivity contribution in [1.29, 1.82) is 0 Å². The Kier molecular flexibility index (Phi) is 4.70. The molecule has 2 N–H and O–H groups in total. The maximum Gasteiger partial charge on any atom is 0.225 e. The van der Waals surface area contributed by atoms with E-state index in [4.69, 9.17) is 9.47 Å². The summed E-state index contributed by atoms with van der Waals surface area (Å²) in [5.74, 6) is 1.76. The van der Waals surface area contributed by atoms with Crippen molar-refractivity contribution in [2.45, 2.75) is 37.1 Å². The minimum atomic E-state index is -0.324. The maximum atomic E-state index is 13.4. The first kappa shape index (κ1) is 18.5. The van der Waals surface area contributed by atoms with Crippen molar-refractivity contribution in [3.8, 4) is 11.5 Å². The third-order valence-electron chi connectivity index (χ3n) is 6.62. The van der Waals surface area contributed by atoms with Crippen molar-refractivity contribution in [2.75, 3.05) is 26.3 Å². The summed E-state index contributed by atoms with van der Waals surface area (Å²) in [6.45, 7) is 2.65. The molecular weight excluding hydrogens is 368 g/mol. The van der Waals surface area contributed by atoms with Crippen molar-refractivity contribution in [3.63, 3.8) is 0 Å². The number of amides is 1. The number of benzene rings is 1. The summed E-state index contributed by atoms with van der Waals surface area (Å²) in [4.78, 5) is 13.4. The molecule has 0 unspecified atom stereocenters. The minimum absolute atomic E-state index is 0.0890. The second-order valence-electron chi connectivity index (χ2n) is 8.46. The van der Waals surface area contributed by atoms with Crippen LogP contribution in [0.4, 0.5) is 0 Å². The summed E-state index contributed by atoms with van der Waals surface area (Å²) >= 11 is 0. The van der Waals surface area contributed by atoms with Crippen molar-refractivity contribution >= 4 is 5.91 Å². The first-order valence-electron chi connectivity index (χ1n) is 10.6. The first-order valence-corrected chi connectivity index (χ1v) is 10.6. The van der Waals surface area contributed by atoms with Gasteiger partial charge in [0.25, 0.3) is 0 Å². The van der Waals surface area contributed by atoms with E-state index in [-0.39, 0.29) is 23.3 Å². The average molecular weight is 396 g/mol. The topological polar surface area (TPSA) is 77.4 Å². The molecule has 1 amide bonds. The molecule has 3 aliphatic rings. The van der Waals surface area contributed by atoms with Gasteiger partial charge >= 0.3 is 0 Å². The molecule has 0 bridgehead atoms. The fraction of sp³-hybridized carbons (Fsp3) is 0.545. The Bertz CT molecular complexity index is 903. The average Bonchev–Trinajstić information content (AvgIpc) is 3.48. The Morgan fingerprint density at radius 3 is 2.76 bits per heavy atom. The van der Waals surface area contributed by atoms with Gasteiger partial charge in [0.1, 0.15) is 13.2 Å². The summed E-state index contributed by atoms with van der Waals surface area (Å²) in [7, 11) is 1.91. The molecule has 2 atom stereocenters. The van der Waals surface area contributed by atoms with E-state index in [1.807, 2.05) is 25.5 Å². The van der Waals surface area contributed by atoms with Gasteiger partial charge in [0, 0.05) is 32.3 Å². The van der Waals surface area contributed by atoms with Gasteiger partial charge in [0.05, 0.1) is 17.7 Å². The zero-order valence-electron chi connectivity index (χ0n) is 16.8. The highest BCUT2D eigenvalue weighted by atomic mass is 16.6. The van der Waals surface area contributed by atoms with E-state index in [9.17, 15) is 4.79 Å². The van der Waals surface area contributed by atoms with E-state index >= 15 is 0 Å². The molecule has 7 nitrogen and oxygen atoms in total. The molecule has 5 rings (SSSR count). The van der Waals surface area contributed by atoms with Crippen LogP contribution in [0.3, 0.4) is 0 Å². The number of fused-ring (bicyclic) bond motifs is 1. The van der Waals surface area contributed by atoms with Crippen molar-refractivity contribution in [3.05, 3.63) is 41.7 Å². The molecule has 1 aliphatic carbocycles. The van der Waals surface area contributed by atoms with Crippen LogP contribution in [0, 0.1) is 5.92 Å². The molecule has 1 saturated carbocycles. The molecule has 154 valence electrons. The summed E-state index contributed by atoms with van der Waals surface area (Å²) < 4.78 is 13.3. The molecule has 0 radical (unpaired) electrons. The number of nitrogens with one attached hydrogen (secondary N) is 2. The predicted molar refractivity (Wildman–Crippen MR) is 108 cm³/mol. The monoisotopic (exact) mass is 396 g/mol. The number of carbonyl (C=O) groups excluding carboxylic acids is 1. The molecule has 29 heavy (non-hydrogen) atoms. The van der Waals surface area contributed by atoms with Gasteiger partial charge < -0.3 is 20.1 Å². The first-order chi connectivity index (χ1) is 14.1. The van der Waals surface area contributed by atoms with Crippen LogP contribution in [-0.4, -0.2) is 42.0 Å². The normalized spacial score (nSPS) is 25.1. The summed E-state index contributed by atoms with van der Waals surface area (Å²) in [5.41, 5.74) is 1.92. The van der Waals surface area contributed by atoms with Gasteiger partial charge in [0.2, 0.25) is 5.91 Å². The highest BCUT2D eigenvalue weighted by Gasteiger charge is 2.42. The second-order valence-corrected chi connectivity index (χ2v) is 8.46. The lowest BCUT2D eigenvalue weighted by molar-refractivity contribution is -0.127. The van der Waals surface area contributed by atoms with Gasteiger partial charge in [-0.3, -0.25) is 9.48 Å². The number of ether oxygens (including phenoxy) is 2. The highest BCUT2D eigenvalue weighted by Crippen LogP contribution is 2.43. The van der Waals surface area contributed by atoms with E-state index in [1.165, 1.54) is 0 Å². The number of hydrogen-bond donors (Lipinski definition) is 2. The zero-order chi connectivity index (χ0) is 19.8. The second kappa shape index (κ2) is 7.37. The van der Waals surface area contributed by atoms with E-state index in [0.717, 1.165) is 54.9 Å². The largest absolute Gasteiger partial charge is 0.486 e. The third kappa shape index (κ3) is 3.37. The quantitative estimate of drug-likeness (QED) is 0.828. The number of rotatable bonds is 4. The Labute approximate surface area is 170 Å². The van der Waals surface area contributed by atoms with E-state index < -0.39 is 0 Å². The van der Waals surface area contributed by atoms with Crippen LogP contribution in [-0.2, 0) is 17.4 Å². The Balaban J connectivity index is 1.40. The number of carbonyl (C=O) groups is 1. The molecule has 1 aromatic heterocycles. The number of hydrogen-bond acceptors (Lipinski definition) is 5. The SMILES string of the molecule is Cn1cc([C@H]2CNC[C@@H]2C(=O)NC2(c3ccc4c(c3)OCCO4)CCCC2)cn1. The van der Waals surface area contributed by atoms with Crippen LogP contribution in [0.15, 0.2) is 30.6 Å². The highest BCUT2D eigenvalue weighted by molar-refractivity contribution is 5.81. The van der Waals surface area contributed by atoms with Gasteiger partial charge in [-0.05, 0) is 36.1 Å². The summed E-state index contributed by atoms with van der Waals surface area (Å²) in [6, 6.07) is 6.13. The molecular formula is C22H28N4O3. The smallest absolute Gasteiger partial charge is 0.225 e. The van der Waals surface area contributed by atoms with Gasteiger partial charge in [-0.15, -0.1) is 0 Å². The van der Waals surface area contributed by atoms with E-state index in [0.29, 0.717) is 19.8 Å². The summed E-state index contributed by atoms with van der Waals surface area (Å²) in [5, 5.41) is 11.1. The number of aromatic nitrogens is 2. The standard InChI is InChI=1S/C22H28N4O3/c1-26-14-15(11-24-26)17-12-23-13-18(17)21(27)25-22(6-2-3-7-22)16-4-5-19-20(10-16)29-9-8-28-19/h4-5,10-11,14,17-18,23H,2-3,6-9,12-13H2,1H3,(H,25,27)/t17-,18+/m1/s1. The molecule has 3 heterocycles. The molecule has 1 saturated heterocycles. The molecule has 2 fully saturated rings. The number of nitrogens with zero attached hydrogens (tertiary/aromatic N) is 2. The lowest BCUT2D eigenvalue weighted by Gasteiger charge is -2.34. The van der Waals surface area contributed by atoms with Gasteiger partial charge in [0.15, 0.2) is 11.5 Å². The summed E-state index contributed by atoms with van der Waals surface area (Å²) in [6.07, 6.45) is 8.04. The number of aryl methyl sites for hydroxylation is 1. The van der Waals surface area contributed by atoms with Crippen LogP contribution in [0.25, 0.3) is 0 Å². The predicted octanol–water partition coefficient (Wildman–Crippen LogP) is 2.08. The van der Waals surface area contributed by atoms with Gasteiger partial charge in [-0.25, -0.2) is 0 Å². The van der Waals surface area contributed by atoms with Gasteiger partial charge in [-0.2, -0.15) is 5.10 Å². The maximum absolute atomic E-state index is 13.4.